The molecule has 0 saturated carbocycles. The number of amides is 1. The number of imidazole rings is 1. The van der Waals surface area contributed by atoms with Gasteiger partial charge in [-0.1, -0.05) is 42.5 Å². The van der Waals surface area contributed by atoms with Crippen LogP contribution in [0.5, 0.6) is 0 Å². The van der Waals surface area contributed by atoms with Crippen LogP contribution < -0.4 is 5.43 Å². The summed E-state index contributed by atoms with van der Waals surface area (Å²) in [6.45, 7) is 1.68. The van der Waals surface area contributed by atoms with Crippen molar-refractivity contribution < 1.29 is 4.79 Å². The van der Waals surface area contributed by atoms with E-state index in [0.29, 0.717) is 17.4 Å². The number of hydrogen-bond acceptors (Lipinski definition) is 6. The van der Waals surface area contributed by atoms with Crippen LogP contribution in [0.2, 0.25) is 0 Å². The van der Waals surface area contributed by atoms with E-state index in [1.165, 1.54) is 4.80 Å². The molecular formula is C18H16N8O. The molecule has 0 radical (unpaired) electrons. The van der Waals surface area contributed by atoms with E-state index in [1.807, 2.05) is 54.6 Å². The number of H-pyrrole nitrogens is 1. The highest BCUT2D eigenvalue weighted by atomic mass is 16.2. The van der Waals surface area contributed by atoms with Crippen LogP contribution in [0, 0.1) is 0 Å². The van der Waals surface area contributed by atoms with E-state index in [4.69, 9.17) is 0 Å². The van der Waals surface area contributed by atoms with Crippen LogP contribution in [0.4, 0.5) is 0 Å². The molecule has 0 unspecified atom stereocenters. The second kappa shape index (κ2) is 7.16. The van der Waals surface area contributed by atoms with Crippen molar-refractivity contribution in [2.24, 2.45) is 5.10 Å². The Morgan fingerprint density at radius 2 is 1.93 bits per heavy atom. The fourth-order valence-electron chi connectivity index (χ4n) is 2.50. The monoisotopic (exact) mass is 360 g/mol. The fraction of sp³-hybridized carbons (Fsp3) is 0.111. The highest BCUT2D eigenvalue weighted by molar-refractivity contribution is 5.98. The lowest BCUT2D eigenvalue weighted by Crippen LogP contribution is -2.25. The Morgan fingerprint density at radius 1 is 1.15 bits per heavy atom. The van der Waals surface area contributed by atoms with Crippen LogP contribution in [-0.4, -0.2) is 41.8 Å². The van der Waals surface area contributed by atoms with E-state index in [-0.39, 0.29) is 12.5 Å². The maximum atomic E-state index is 12.1. The molecule has 9 heteroatoms. The van der Waals surface area contributed by atoms with Crippen LogP contribution in [0.1, 0.15) is 12.7 Å². The maximum absolute atomic E-state index is 12.1. The maximum Gasteiger partial charge on any atom is 0.263 e. The van der Waals surface area contributed by atoms with E-state index in [9.17, 15) is 4.79 Å². The minimum Gasteiger partial charge on any atom is -0.337 e. The first-order chi connectivity index (χ1) is 13.2. The quantitative estimate of drug-likeness (QED) is 0.416. The number of nitrogens with zero attached hydrogens (tertiary/aromatic N) is 6. The summed E-state index contributed by atoms with van der Waals surface area (Å²) < 4.78 is 0. The molecule has 2 heterocycles. The van der Waals surface area contributed by atoms with E-state index in [0.717, 1.165) is 16.6 Å². The molecule has 0 aliphatic heterocycles. The molecular weight excluding hydrogens is 344 g/mol. The predicted molar refractivity (Wildman–Crippen MR) is 99.7 cm³/mol. The molecule has 2 aromatic carbocycles. The second-order valence-corrected chi connectivity index (χ2v) is 5.84. The topological polar surface area (TPSA) is 114 Å². The summed E-state index contributed by atoms with van der Waals surface area (Å²) in [5, 5.41) is 16.1. The number of benzene rings is 2. The minimum absolute atomic E-state index is 0.0866. The molecule has 1 amide bonds. The molecule has 9 nitrogen and oxygen atoms in total. The van der Waals surface area contributed by atoms with E-state index in [1.54, 1.807) is 6.92 Å². The van der Waals surface area contributed by atoms with Crippen molar-refractivity contribution in [3.05, 3.63) is 60.4 Å². The minimum atomic E-state index is -0.359. The summed E-state index contributed by atoms with van der Waals surface area (Å²) in [5.74, 6) is 0.703. The molecule has 0 aliphatic carbocycles. The molecule has 0 bridgehead atoms. The van der Waals surface area contributed by atoms with E-state index >= 15 is 0 Å². The number of tetrazole rings is 1. The van der Waals surface area contributed by atoms with Crippen molar-refractivity contribution in [1.82, 2.24) is 35.6 Å². The summed E-state index contributed by atoms with van der Waals surface area (Å²) >= 11 is 0. The van der Waals surface area contributed by atoms with Crippen molar-refractivity contribution in [2.45, 2.75) is 13.5 Å². The molecule has 0 atom stereocenters. The van der Waals surface area contributed by atoms with Crippen molar-refractivity contribution in [2.75, 3.05) is 0 Å². The van der Waals surface area contributed by atoms with Gasteiger partial charge in [0.1, 0.15) is 12.3 Å². The summed E-state index contributed by atoms with van der Waals surface area (Å²) in [6, 6.07) is 17.1. The highest BCUT2D eigenvalue weighted by Gasteiger charge is 2.10. The van der Waals surface area contributed by atoms with Crippen molar-refractivity contribution in [1.29, 1.82) is 0 Å². The molecule has 4 rings (SSSR count). The zero-order valence-electron chi connectivity index (χ0n) is 14.5. The summed E-state index contributed by atoms with van der Waals surface area (Å²) in [5.41, 5.74) is 5.64. The first kappa shape index (κ1) is 16.6. The third kappa shape index (κ3) is 3.71. The first-order valence-electron chi connectivity index (χ1n) is 8.30. The van der Waals surface area contributed by atoms with Crippen molar-refractivity contribution >= 4 is 22.7 Å². The number of para-hydroxylation sites is 2. The van der Waals surface area contributed by atoms with Crippen molar-refractivity contribution in [3.8, 4) is 11.4 Å². The van der Waals surface area contributed by atoms with Crippen LogP contribution >= 0.6 is 0 Å². The number of hydrogen-bond donors (Lipinski definition) is 2. The summed E-state index contributed by atoms with van der Waals surface area (Å²) in [6.07, 6.45) is 0. The Bertz CT molecular complexity index is 1080. The van der Waals surface area contributed by atoms with Crippen molar-refractivity contribution in [3.63, 3.8) is 0 Å². The van der Waals surface area contributed by atoms with Gasteiger partial charge in [0.2, 0.25) is 5.82 Å². The normalized spacial score (nSPS) is 11.7. The third-order valence-corrected chi connectivity index (χ3v) is 3.85. The number of fused-ring (bicyclic) bond motifs is 1. The standard InChI is InChI=1S/C18H16N8O/c1-12(17-19-14-9-5-6-10-15(14)20-17)21-22-16(27)11-26-24-18(23-25-26)13-7-3-2-4-8-13/h2-10H,11H2,1H3,(H,19,20)(H,22,27)/b21-12+. The number of nitrogens with one attached hydrogen (secondary N) is 2. The molecule has 27 heavy (non-hydrogen) atoms. The predicted octanol–water partition coefficient (Wildman–Crippen LogP) is 1.76. The lowest BCUT2D eigenvalue weighted by Gasteiger charge is -2.00. The zero-order chi connectivity index (χ0) is 18.6. The average Bonchev–Trinajstić information content (AvgIpc) is 3.33. The Balaban J connectivity index is 1.40. The smallest absolute Gasteiger partial charge is 0.263 e. The number of rotatable bonds is 5. The average molecular weight is 360 g/mol. The number of hydrazone groups is 1. The Hall–Kier alpha value is -3.88. The molecule has 0 aliphatic rings. The van der Waals surface area contributed by atoms with Gasteiger partial charge < -0.3 is 4.98 Å². The van der Waals surface area contributed by atoms with E-state index < -0.39 is 0 Å². The third-order valence-electron chi connectivity index (χ3n) is 3.85. The Labute approximate surface area is 154 Å². The van der Waals surface area contributed by atoms with Gasteiger partial charge in [0.15, 0.2) is 5.82 Å². The van der Waals surface area contributed by atoms with E-state index in [2.05, 4.69) is 35.9 Å². The number of carbonyl (C=O) groups excluding carboxylic acids is 1. The fourth-order valence-corrected chi connectivity index (χ4v) is 2.50. The summed E-state index contributed by atoms with van der Waals surface area (Å²) in [7, 11) is 0. The van der Waals surface area contributed by atoms with Crippen LogP contribution in [0.3, 0.4) is 0 Å². The van der Waals surface area contributed by atoms with Gasteiger partial charge in [-0.3, -0.25) is 4.79 Å². The largest absolute Gasteiger partial charge is 0.337 e. The first-order valence-corrected chi connectivity index (χ1v) is 8.30. The number of carbonyl (C=O) groups is 1. The van der Waals surface area contributed by atoms with Gasteiger partial charge in [-0.25, -0.2) is 10.4 Å². The second-order valence-electron chi connectivity index (χ2n) is 5.84. The lowest BCUT2D eigenvalue weighted by atomic mass is 10.2. The number of aromatic nitrogens is 6. The lowest BCUT2D eigenvalue weighted by molar-refractivity contribution is -0.122. The number of aromatic amines is 1. The molecule has 4 aromatic rings. The molecule has 0 spiro atoms. The Kier molecular flexibility index (Phi) is 4.40. The van der Waals surface area contributed by atoms with Gasteiger partial charge in [0, 0.05) is 5.56 Å². The van der Waals surface area contributed by atoms with Crippen LogP contribution in [0.25, 0.3) is 22.4 Å². The van der Waals surface area contributed by atoms with Gasteiger partial charge in [-0.2, -0.15) is 9.90 Å². The molecule has 2 N–H and O–H groups in total. The van der Waals surface area contributed by atoms with Crippen LogP contribution in [0.15, 0.2) is 59.7 Å². The van der Waals surface area contributed by atoms with Gasteiger partial charge in [-0.05, 0) is 24.3 Å². The SMILES string of the molecule is C/C(=N\NC(=O)Cn1nnc(-c2ccccc2)n1)c1nc2ccccc2[nH]1. The molecule has 0 saturated heterocycles. The van der Waals surface area contributed by atoms with Gasteiger partial charge in [-0.15, -0.1) is 10.2 Å². The summed E-state index contributed by atoms with van der Waals surface area (Å²) in [4.78, 5) is 20.9. The Morgan fingerprint density at radius 3 is 2.74 bits per heavy atom. The highest BCUT2D eigenvalue weighted by Crippen LogP contribution is 2.12. The molecule has 134 valence electrons. The molecule has 2 aromatic heterocycles. The van der Waals surface area contributed by atoms with Gasteiger partial charge in [0.05, 0.1) is 11.0 Å². The van der Waals surface area contributed by atoms with Gasteiger partial charge >= 0.3 is 0 Å². The van der Waals surface area contributed by atoms with Gasteiger partial charge in [0.25, 0.3) is 5.91 Å². The van der Waals surface area contributed by atoms with Crippen LogP contribution in [-0.2, 0) is 11.3 Å². The molecule has 0 fully saturated rings. The zero-order valence-corrected chi connectivity index (χ0v) is 14.5.